The van der Waals surface area contributed by atoms with Crippen molar-refractivity contribution in [1.82, 2.24) is 14.9 Å². The summed E-state index contributed by atoms with van der Waals surface area (Å²) >= 11 is 0. The molecule has 0 radical (unpaired) electrons. The van der Waals surface area contributed by atoms with E-state index < -0.39 is 0 Å². The summed E-state index contributed by atoms with van der Waals surface area (Å²) in [5, 5.41) is 3.48. The molecule has 0 aliphatic heterocycles. The zero-order chi connectivity index (χ0) is 9.97. The van der Waals surface area contributed by atoms with E-state index in [1.54, 1.807) is 0 Å². The third kappa shape index (κ3) is 1.90. The summed E-state index contributed by atoms with van der Waals surface area (Å²) in [6, 6.07) is 0.707. The van der Waals surface area contributed by atoms with Crippen LogP contribution in [0, 0.1) is 0 Å². The first kappa shape index (κ1) is 9.52. The third-order valence-electron chi connectivity index (χ3n) is 2.87. The van der Waals surface area contributed by atoms with Gasteiger partial charge in [0, 0.05) is 18.8 Å². The molecule has 1 fully saturated rings. The van der Waals surface area contributed by atoms with Gasteiger partial charge in [-0.25, -0.2) is 4.98 Å². The largest absolute Gasteiger partial charge is 0.382 e. The van der Waals surface area contributed by atoms with Crippen LogP contribution in [0.25, 0.3) is 0 Å². The number of aromatic nitrogens is 2. The molecule has 1 aliphatic rings. The summed E-state index contributed by atoms with van der Waals surface area (Å²) in [5.41, 5.74) is 5.65. The SMILES string of the molecule is CCn1cc(N)nc1CNC1CCC1. The second-order valence-electron chi connectivity index (χ2n) is 3.88. The molecule has 1 aromatic heterocycles. The number of nitrogens with one attached hydrogen (secondary N) is 1. The summed E-state index contributed by atoms with van der Waals surface area (Å²) in [6.45, 7) is 3.88. The highest BCUT2D eigenvalue weighted by molar-refractivity contribution is 5.25. The Morgan fingerprint density at radius 2 is 2.43 bits per heavy atom. The minimum absolute atomic E-state index is 0.622. The summed E-state index contributed by atoms with van der Waals surface area (Å²) < 4.78 is 2.10. The van der Waals surface area contributed by atoms with E-state index in [0.29, 0.717) is 11.9 Å². The van der Waals surface area contributed by atoms with Crippen molar-refractivity contribution in [2.24, 2.45) is 0 Å². The number of nitrogens with two attached hydrogens (primary N) is 1. The van der Waals surface area contributed by atoms with Crippen LogP contribution < -0.4 is 11.1 Å². The molecule has 78 valence electrons. The molecule has 0 atom stereocenters. The average molecular weight is 194 g/mol. The Morgan fingerprint density at radius 1 is 1.64 bits per heavy atom. The smallest absolute Gasteiger partial charge is 0.141 e. The van der Waals surface area contributed by atoms with Crippen molar-refractivity contribution >= 4 is 5.82 Å². The second-order valence-corrected chi connectivity index (χ2v) is 3.88. The fraction of sp³-hybridized carbons (Fsp3) is 0.700. The lowest BCUT2D eigenvalue weighted by Gasteiger charge is -2.26. The molecule has 0 spiro atoms. The minimum atomic E-state index is 0.622. The summed E-state index contributed by atoms with van der Waals surface area (Å²) in [5.74, 6) is 1.68. The zero-order valence-corrected chi connectivity index (χ0v) is 8.66. The van der Waals surface area contributed by atoms with Crippen LogP contribution in [0.4, 0.5) is 5.82 Å². The quantitative estimate of drug-likeness (QED) is 0.755. The van der Waals surface area contributed by atoms with Crippen LogP contribution in [0.3, 0.4) is 0 Å². The fourth-order valence-electron chi connectivity index (χ4n) is 1.74. The van der Waals surface area contributed by atoms with Crippen molar-refractivity contribution in [3.05, 3.63) is 12.0 Å². The Kier molecular flexibility index (Phi) is 2.72. The van der Waals surface area contributed by atoms with E-state index in [4.69, 9.17) is 5.73 Å². The first-order valence-electron chi connectivity index (χ1n) is 5.34. The lowest BCUT2D eigenvalue weighted by atomic mass is 9.93. The molecule has 1 aliphatic carbocycles. The lowest BCUT2D eigenvalue weighted by Crippen LogP contribution is -2.35. The number of hydrogen-bond donors (Lipinski definition) is 2. The Balaban J connectivity index is 1.92. The van der Waals surface area contributed by atoms with Crippen LogP contribution >= 0.6 is 0 Å². The molecular weight excluding hydrogens is 176 g/mol. The van der Waals surface area contributed by atoms with Crippen LogP contribution in [0.5, 0.6) is 0 Å². The molecule has 0 aromatic carbocycles. The molecule has 0 saturated heterocycles. The van der Waals surface area contributed by atoms with E-state index in [1.165, 1.54) is 19.3 Å². The van der Waals surface area contributed by atoms with Crippen LogP contribution in [-0.4, -0.2) is 15.6 Å². The number of nitrogens with zero attached hydrogens (tertiary/aromatic N) is 2. The number of nitrogen functional groups attached to an aromatic ring is 1. The monoisotopic (exact) mass is 194 g/mol. The topological polar surface area (TPSA) is 55.9 Å². The lowest BCUT2D eigenvalue weighted by molar-refractivity contribution is 0.333. The zero-order valence-electron chi connectivity index (χ0n) is 8.66. The fourth-order valence-corrected chi connectivity index (χ4v) is 1.74. The van der Waals surface area contributed by atoms with Crippen LogP contribution in [0.2, 0.25) is 0 Å². The van der Waals surface area contributed by atoms with Crippen molar-refractivity contribution in [2.75, 3.05) is 5.73 Å². The highest BCUT2D eigenvalue weighted by atomic mass is 15.1. The molecular formula is C10H18N4. The van der Waals surface area contributed by atoms with Crippen LogP contribution in [0.1, 0.15) is 32.0 Å². The molecule has 0 amide bonds. The predicted molar refractivity (Wildman–Crippen MR) is 56.8 cm³/mol. The number of imidazole rings is 1. The van der Waals surface area contributed by atoms with Gasteiger partial charge >= 0.3 is 0 Å². The normalized spacial score (nSPS) is 16.9. The average Bonchev–Trinajstić information content (AvgIpc) is 2.43. The van der Waals surface area contributed by atoms with Crippen molar-refractivity contribution < 1.29 is 0 Å². The van der Waals surface area contributed by atoms with Crippen LogP contribution in [-0.2, 0) is 13.1 Å². The van der Waals surface area contributed by atoms with Crippen molar-refractivity contribution in [3.63, 3.8) is 0 Å². The number of rotatable bonds is 4. The van der Waals surface area contributed by atoms with Gasteiger partial charge in [-0.1, -0.05) is 6.42 Å². The van der Waals surface area contributed by atoms with Crippen molar-refractivity contribution in [1.29, 1.82) is 0 Å². The molecule has 14 heavy (non-hydrogen) atoms. The number of anilines is 1. The van der Waals surface area contributed by atoms with Gasteiger partial charge in [-0.05, 0) is 19.8 Å². The van der Waals surface area contributed by atoms with Crippen molar-refractivity contribution in [2.45, 2.75) is 45.3 Å². The Bertz CT molecular complexity index is 301. The molecule has 0 unspecified atom stereocenters. The molecule has 2 rings (SSSR count). The first-order valence-corrected chi connectivity index (χ1v) is 5.34. The standard InChI is InChI=1S/C10H18N4/c1-2-14-7-9(11)13-10(14)6-12-8-4-3-5-8/h7-8,12H,2-6,11H2,1H3. The summed E-state index contributed by atoms with van der Waals surface area (Å²) in [4.78, 5) is 4.29. The molecule has 1 saturated carbocycles. The van der Waals surface area contributed by atoms with E-state index >= 15 is 0 Å². The minimum Gasteiger partial charge on any atom is -0.382 e. The maximum absolute atomic E-state index is 5.65. The highest BCUT2D eigenvalue weighted by Gasteiger charge is 2.17. The molecule has 4 nitrogen and oxygen atoms in total. The Hall–Kier alpha value is -1.03. The van der Waals surface area contributed by atoms with Gasteiger partial charge in [0.1, 0.15) is 11.6 Å². The van der Waals surface area contributed by atoms with Gasteiger partial charge in [0.25, 0.3) is 0 Å². The predicted octanol–water partition coefficient (Wildman–Crippen LogP) is 1.13. The van der Waals surface area contributed by atoms with E-state index in [1.807, 2.05) is 6.20 Å². The molecule has 4 heteroatoms. The van der Waals surface area contributed by atoms with Gasteiger partial charge in [0.2, 0.25) is 0 Å². The van der Waals surface area contributed by atoms with E-state index in [9.17, 15) is 0 Å². The Labute approximate surface area is 84.5 Å². The van der Waals surface area contributed by atoms with Gasteiger partial charge in [0.15, 0.2) is 0 Å². The van der Waals surface area contributed by atoms with Gasteiger partial charge in [-0.3, -0.25) is 0 Å². The first-order chi connectivity index (χ1) is 6.79. The van der Waals surface area contributed by atoms with Crippen molar-refractivity contribution in [3.8, 4) is 0 Å². The van der Waals surface area contributed by atoms with E-state index in [-0.39, 0.29) is 0 Å². The second kappa shape index (κ2) is 4.00. The number of aryl methyl sites for hydroxylation is 1. The Morgan fingerprint density at radius 3 is 3.00 bits per heavy atom. The highest BCUT2D eigenvalue weighted by Crippen LogP contribution is 2.18. The molecule has 3 N–H and O–H groups in total. The van der Waals surface area contributed by atoms with Gasteiger partial charge in [-0.2, -0.15) is 0 Å². The van der Waals surface area contributed by atoms with Crippen LogP contribution in [0.15, 0.2) is 6.20 Å². The third-order valence-corrected chi connectivity index (χ3v) is 2.87. The number of hydrogen-bond acceptors (Lipinski definition) is 3. The van der Waals surface area contributed by atoms with Gasteiger partial charge in [-0.15, -0.1) is 0 Å². The molecule has 1 aromatic rings. The molecule has 0 bridgehead atoms. The van der Waals surface area contributed by atoms with Gasteiger partial charge < -0.3 is 15.6 Å². The summed E-state index contributed by atoms with van der Waals surface area (Å²) in [7, 11) is 0. The summed E-state index contributed by atoms with van der Waals surface area (Å²) in [6.07, 6.45) is 5.88. The molecule has 1 heterocycles. The maximum atomic E-state index is 5.65. The van der Waals surface area contributed by atoms with Gasteiger partial charge in [0.05, 0.1) is 6.54 Å². The maximum Gasteiger partial charge on any atom is 0.141 e. The van der Waals surface area contributed by atoms with E-state index in [0.717, 1.165) is 18.9 Å². The van der Waals surface area contributed by atoms with E-state index in [2.05, 4.69) is 21.8 Å².